The highest BCUT2D eigenvalue weighted by Crippen LogP contribution is 2.77. The number of ketones is 4. The van der Waals surface area contributed by atoms with Crippen LogP contribution in [-0.2, 0) is 85.7 Å². The van der Waals surface area contributed by atoms with Crippen molar-refractivity contribution in [1.82, 2.24) is 19.9 Å². The first-order chi connectivity index (χ1) is 54.7. The summed E-state index contributed by atoms with van der Waals surface area (Å²) in [5.41, 5.74) is 14.6. The lowest BCUT2D eigenvalue weighted by molar-refractivity contribution is -0.173. The van der Waals surface area contributed by atoms with Crippen molar-refractivity contribution in [3.63, 3.8) is 0 Å². The minimum absolute atomic E-state index is 0.0597. The summed E-state index contributed by atoms with van der Waals surface area (Å²) in [4.78, 5) is 120. The molecule has 0 N–H and O–H groups in total. The molecule has 8 bridgehead atoms. The van der Waals surface area contributed by atoms with Gasteiger partial charge in [-0.05, 0) is 263 Å². The summed E-state index contributed by atoms with van der Waals surface area (Å²) in [6.07, 6.45) is 18.5. The van der Waals surface area contributed by atoms with Crippen LogP contribution in [0.4, 0.5) is 40.3 Å². The summed E-state index contributed by atoms with van der Waals surface area (Å²) in [5, 5.41) is 0. The van der Waals surface area contributed by atoms with Crippen LogP contribution < -0.4 is 19.6 Å². The minimum atomic E-state index is -0.852. The molecule has 20 rings (SSSR count). The molecule has 4 aromatic heterocycles. The van der Waals surface area contributed by atoms with Crippen molar-refractivity contribution in [3.05, 3.63) is 237 Å². The van der Waals surface area contributed by atoms with E-state index in [9.17, 15) is 55.9 Å². The van der Waals surface area contributed by atoms with E-state index in [4.69, 9.17) is 0 Å². The number of pyridine rings is 4. The number of benzene rings is 4. The maximum Gasteiger partial charge on any atom is 0.226 e. The van der Waals surface area contributed by atoms with Gasteiger partial charge < -0.3 is 19.6 Å². The number of anilines is 4. The van der Waals surface area contributed by atoms with E-state index in [2.05, 4.69) is 74.5 Å². The van der Waals surface area contributed by atoms with Crippen molar-refractivity contribution in [2.24, 2.45) is 21.7 Å². The van der Waals surface area contributed by atoms with Crippen molar-refractivity contribution in [2.75, 3.05) is 47.8 Å². The summed E-state index contributed by atoms with van der Waals surface area (Å²) < 4.78 is 52.6. The topological polar surface area (TPSA) is 201 Å². The van der Waals surface area contributed by atoms with Crippen LogP contribution in [0.5, 0.6) is 0 Å². The lowest BCUT2D eigenvalue weighted by Crippen LogP contribution is -2.67. The van der Waals surface area contributed by atoms with E-state index < -0.39 is 23.8 Å². The maximum atomic E-state index is 13.7. The van der Waals surface area contributed by atoms with Gasteiger partial charge in [0.2, 0.25) is 47.4 Å². The minimum Gasteiger partial charge on any atom is -0.316 e. The third-order valence-corrected chi connectivity index (χ3v) is 27.3. The second kappa shape index (κ2) is 32.4. The first kappa shape index (κ1) is 82.7. The summed E-state index contributed by atoms with van der Waals surface area (Å²) in [5.74, 6) is -1.04. The fourth-order valence-electron chi connectivity index (χ4n) is 20.3. The Morgan fingerprint density at radius 1 is 0.322 bits per heavy atom. The fraction of sp³-hybridized carbons (Fsp3) is 0.453. The number of hydrogen-bond donors (Lipinski definition) is 0. The Kier molecular flexibility index (Phi) is 23.3. The van der Waals surface area contributed by atoms with Crippen molar-refractivity contribution < 1.29 is 55.9 Å². The number of carbonyl (C=O) groups is 8. The van der Waals surface area contributed by atoms with E-state index in [1.807, 2.05) is 103 Å². The fourth-order valence-corrected chi connectivity index (χ4v) is 20.3. The number of Topliss-reactive ketones (excluding diaryl/α,β-unsaturated/α-hetero) is 4. The lowest BCUT2D eigenvalue weighted by Gasteiger charge is -2.70. The Bertz CT molecular complexity index is 4610. The average molecular weight is 1560 g/mol. The molecule has 4 amide bonds. The van der Waals surface area contributed by atoms with Crippen LogP contribution >= 0.6 is 0 Å². The molecule has 0 atom stereocenters. The zero-order chi connectivity index (χ0) is 82.4. The molecule has 12 aliphatic carbocycles. The molecule has 4 heterocycles. The Morgan fingerprint density at radius 3 is 0.870 bits per heavy atom. The van der Waals surface area contributed by atoms with Gasteiger partial charge in [-0.2, -0.15) is 22.5 Å². The summed E-state index contributed by atoms with van der Waals surface area (Å²) >= 11 is 0. The third kappa shape index (κ3) is 16.0. The molecule has 0 aliphatic heterocycles. The second-order valence-electron chi connectivity index (χ2n) is 34.6. The molecular formula is C95H106F4N8O8. The molecule has 12 aliphatic rings. The highest BCUT2D eigenvalue weighted by Gasteiger charge is 2.74. The largest absolute Gasteiger partial charge is 0.316 e. The number of carbonyl (C=O) groups excluding carboxylic acids is 8. The van der Waals surface area contributed by atoms with Crippen LogP contribution in [0.2, 0.25) is 0 Å². The van der Waals surface area contributed by atoms with Gasteiger partial charge >= 0.3 is 0 Å². The lowest BCUT2D eigenvalue weighted by atomic mass is 9.32. The van der Waals surface area contributed by atoms with Gasteiger partial charge in [0.1, 0.15) is 23.1 Å². The van der Waals surface area contributed by atoms with Crippen LogP contribution in [0.15, 0.2) is 152 Å². The van der Waals surface area contributed by atoms with Gasteiger partial charge in [-0.15, -0.1) is 0 Å². The quantitative estimate of drug-likeness (QED) is 0.0332. The van der Waals surface area contributed by atoms with Gasteiger partial charge in [0.05, 0.1) is 0 Å². The molecule has 12 saturated carbocycles. The number of amides is 4. The van der Waals surface area contributed by atoms with E-state index in [1.54, 1.807) is 59.8 Å². The van der Waals surface area contributed by atoms with Gasteiger partial charge in [-0.25, -0.2) is 9.97 Å². The summed E-state index contributed by atoms with van der Waals surface area (Å²) in [6, 6.07) is 45.5. The third-order valence-electron chi connectivity index (χ3n) is 27.3. The molecule has 602 valence electrons. The molecule has 20 heteroatoms. The molecule has 115 heavy (non-hydrogen) atoms. The van der Waals surface area contributed by atoms with E-state index in [-0.39, 0.29) is 91.1 Å². The molecule has 8 aromatic rings. The molecular weight excluding hydrogens is 1460 g/mol. The zero-order valence-electron chi connectivity index (χ0n) is 68.3. The SMILES string of the molecule is CCC(=O)N(C)c1ccc(C23CC(C(=O)CCc4ccc(C)nc4C)(C2)C3)cc1.CCC(=O)N(C)c1ccc(C23CC(C(=O)CCc4ccc(F)nc4)(C2)C3)cc1.CCC(=O)N(C)c1ccc(C23CC(C(=O)CCc4ccc(F)nc4C)(C2)C3)cc1.CCC(=O)N(C)c1ccc(C23CC(C(=O)CCc4ccc(F)nc4F)(C2)C3)cc1. The van der Waals surface area contributed by atoms with E-state index in [0.717, 1.165) is 135 Å². The van der Waals surface area contributed by atoms with Gasteiger partial charge in [0.25, 0.3) is 0 Å². The number of rotatable bonds is 28. The average Bonchev–Trinajstić information content (AvgIpc) is 0.686. The molecule has 0 unspecified atom stereocenters. The van der Waals surface area contributed by atoms with Crippen LogP contribution in [0, 0.1) is 66.2 Å². The first-order valence-electron chi connectivity index (χ1n) is 40.8. The van der Waals surface area contributed by atoms with Crippen LogP contribution in [0.25, 0.3) is 0 Å². The van der Waals surface area contributed by atoms with E-state index in [0.29, 0.717) is 80.8 Å². The Labute approximate surface area is 672 Å². The number of nitrogens with zero attached hydrogens (tertiary/aromatic N) is 8. The summed E-state index contributed by atoms with van der Waals surface area (Å²) in [7, 11) is 7.19. The predicted octanol–water partition coefficient (Wildman–Crippen LogP) is 17.8. The van der Waals surface area contributed by atoms with Crippen molar-refractivity contribution in [1.29, 1.82) is 0 Å². The Balaban J connectivity index is 0.000000134. The van der Waals surface area contributed by atoms with Crippen molar-refractivity contribution >= 4 is 69.5 Å². The Hall–Kier alpha value is -10.2. The van der Waals surface area contributed by atoms with Crippen LogP contribution in [0.3, 0.4) is 0 Å². The normalized spacial score (nSPS) is 24.5. The van der Waals surface area contributed by atoms with Gasteiger partial charge in [0.15, 0.2) is 0 Å². The highest BCUT2D eigenvalue weighted by atomic mass is 19.1. The molecule has 0 saturated heterocycles. The first-order valence-corrected chi connectivity index (χ1v) is 40.8. The zero-order valence-corrected chi connectivity index (χ0v) is 68.3. The number of hydrogen-bond acceptors (Lipinski definition) is 12. The molecule has 4 aromatic carbocycles. The number of aryl methyl sites for hydroxylation is 7. The molecule has 12 fully saturated rings. The van der Waals surface area contributed by atoms with Crippen molar-refractivity contribution in [2.45, 2.75) is 224 Å². The monoisotopic (exact) mass is 1560 g/mol. The molecule has 0 spiro atoms. The summed E-state index contributed by atoms with van der Waals surface area (Å²) in [6.45, 7) is 13.2. The van der Waals surface area contributed by atoms with E-state index >= 15 is 0 Å². The smallest absolute Gasteiger partial charge is 0.226 e. The Morgan fingerprint density at radius 2 is 0.591 bits per heavy atom. The van der Waals surface area contributed by atoms with Crippen LogP contribution in [0.1, 0.15) is 218 Å². The van der Waals surface area contributed by atoms with Gasteiger partial charge in [-0.3, -0.25) is 43.3 Å². The highest BCUT2D eigenvalue weighted by molar-refractivity contribution is 5.96. The second-order valence-corrected chi connectivity index (χ2v) is 34.6. The number of halogens is 4. The molecule has 16 nitrogen and oxygen atoms in total. The van der Waals surface area contributed by atoms with E-state index in [1.165, 1.54) is 52.2 Å². The predicted molar refractivity (Wildman–Crippen MR) is 437 cm³/mol. The maximum absolute atomic E-state index is 13.7. The van der Waals surface area contributed by atoms with Crippen LogP contribution in [-0.4, -0.2) is 94.9 Å². The van der Waals surface area contributed by atoms with Gasteiger partial charge in [-0.1, -0.05) is 94.4 Å². The van der Waals surface area contributed by atoms with Gasteiger partial charge in [0, 0.05) is 153 Å². The van der Waals surface area contributed by atoms with Crippen molar-refractivity contribution in [3.8, 4) is 0 Å². The standard InChI is InChI=1S/C25H30N2O2.C24H27FN2O2.C23H24F2N2O2.C23H25FN2O2/c1-5-23(29)27(4)21-11-9-20(10-12-21)24-14-25(15-24,16-24)22(28)13-8-19-7-6-17(2)26-18(19)3;1-4-22(29)27(3)19-9-7-18(8-10-19)23-13-24(14-23,15-23)20(28)11-5-17-6-12-21(25)26-16(17)2;1-3-20(29)27(2)17-8-6-16(7-9-17)22-12-23(13-22,14-22)18(28)10-4-15-5-11-19(24)26-21(15)25;1-3-21(28)26(2)18-8-6-17(7-9-18)22-13-23(14-22,15-22)19(27)10-4-16-5-11-20(24)25-12-16/h6-7,9-12H,5,8,13-16H2,1-4H3;6-10,12H,4-5,11,13-15H2,1-3H3;5-9,11H,3-4,10,12-14H2,1-2H3;5-9,11-12H,3-4,10,13-15H2,1-2H3. The number of aromatic nitrogens is 4. The molecule has 0 radical (unpaired) electrons.